The quantitative estimate of drug-likeness (QED) is 0.752. The second kappa shape index (κ2) is 5.51. The molecule has 0 heterocycles. The SMILES string of the molecule is CCOc1ccc(C(=O)CCO)cc1C. The van der Waals surface area contributed by atoms with E-state index in [1.807, 2.05) is 13.8 Å². The summed E-state index contributed by atoms with van der Waals surface area (Å²) in [6.45, 7) is 4.33. The van der Waals surface area contributed by atoms with Crippen molar-refractivity contribution >= 4 is 5.78 Å². The molecule has 0 spiro atoms. The first-order chi connectivity index (χ1) is 7.19. The number of ketones is 1. The fourth-order valence-electron chi connectivity index (χ4n) is 1.39. The van der Waals surface area contributed by atoms with Gasteiger partial charge in [0.2, 0.25) is 0 Å². The molecule has 1 N–H and O–H groups in total. The molecule has 15 heavy (non-hydrogen) atoms. The summed E-state index contributed by atoms with van der Waals surface area (Å²) < 4.78 is 5.37. The van der Waals surface area contributed by atoms with Gasteiger partial charge in [-0.1, -0.05) is 0 Å². The fraction of sp³-hybridized carbons (Fsp3) is 0.417. The molecule has 1 aromatic carbocycles. The monoisotopic (exact) mass is 208 g/mol. The molecule has 0 radical (unpaired) electrons. The molecule has 0 aliphatic carbocycles. The minimum Gasteiger partial charge on any atom is -0.494 e. The topological polar surface area (TPSA) is 46.5 Å². The Hall–Kier alpha value is -1.35. The second-order valence-electron chi connectivity index (χ2n) is 3.31. The molecule has 0 aromatic heterocycles. The van der Waals surface area contributed by atoms with Crippen LogP contribution in [0.1, 0.15) is 29.3 Å². The van der Waals surface area contributed by atoms with E-state index in [-0.39, 0.29) is 18.8 Å². The standard InChI is InChI=1S/C12H16O3/c1-3-15-12-5-4-10(8-9(12)2)11(14)6-7-13/h4-5,8,13H,3,6-7H2,1-2H3. The molecule has 0 aliphatic rings. The van der Waals surface area contributed by atoms with Gasteiger partial charge < -0.3 is 9.84 Å². The van der Waals surface area contributed by atoms with Crippen molar-refractivity contribution in [1.82, 2.24) is 0 Å². The summed E-state index contributed by atoms with van der Waals surface area (Å²) in [6.07, 6.45) is 0.174. The lowest BCUT2D eigenvalue weighted by Crippen LogP contribution is -2.03. The summed E-state index contributed by atoms with van der Waals surface area (Å²) in [7, 11) is 0. The molecule has 0 fully saturated rings. The van der Waals surface area contributed by atoms with Crippen LogP contribution in [0.25, 0.3) is 0 Å². The van der Waals surface area contributed by atoms with Crippen LogP contribution in [0, 0.1) is 6.92 Å². The van der Waals surface area contributed by atoms with Crippen molar-refractivity contribution in [2.45, 2.75) is 20.3 Å². The van der Waals surface area contributed by atoms with E-state index in [4.69, 9.17) is 9.84 Å². The van der Waals surface area contributed by atoms with Gasteiger partial charge in [-0.25, -0.2) is 0 Å². The fourth-order valence-corrected chi connectivity index (χ4v) is 1.39. The Balaban J connectivity index is 2.86. The number of rotatable bonds is 5. The third-order valence-corrected chi connectivity index (χ3v) is 2.14. The lowest BCUT2D eigenvalue weighted by atomic mass is 10.1. The average molecular weight is 208 g/mol. The number of aliphatic hydroxyl groups excluding tert-OH is 1. The molecule has 1 aromatic rings. The highest BCUT2D eigenvalue weighted by Crippen LogP contribution is 2.19. The Morgan fingerprint density at radius 1 is 1.47 bits per heavy atom. The summed E-state index contributed by atoms with van der Waals surface area (Å²) in [5, 5.41) is 8.66. The van der Waals surface area contributed by atoms with Gasteiger partial charge >= 0.3 is 0 Å². The Bertz CT molecular complexity index is 345. The lowest BCUT2D eigenvalue weighted by Gasteiger charge is -2.08. The van der Waals surface area contributed by atoms with Gasteiger partial charge in [0, 0.05) is 12.0 Å². The smallest absolute Gasteiger partial charge is 0.165 e. The van der Waals surface area contributed by atoms with Crippen LogP contribution in [0.2, 0.25) is 0 Å². The molecule has 0 unspecified atom stereocenters. The first-order valence-electron chi connectivity index (χ1n) is 5.06. The molecule has 3 heteroatoms. The molecule has 3 nitrogen and oxygen atoms in total. The van der Waals surface area contributed by atoms with Crippen LogP contribution >= 0.6 is 0 Å². The maximum Gasteiger partial charge on any atom is 0.165 e. The van der Waals surface area contributed by atoms with E-state index in [0.717, 1.165) is 11.3 Å². The summed E-state index contributed by atoms with van der Waals surface area (Å²) in [5.41, 5.74) is 1.57. The molecular weight excluding hydrogens is 192 g/mol. The number of hydrogen-bond donors (Lipinski definition) is 1. The number of carbonyl (C=O) groups excluding carboxylic acids is 1. The molecular formula is C12H16O3. The predicted octanol–water partition coefficient (Wildman–Crippen LogP) is 1.96. The van der Waals surface area contributed by atoms with Crippen LogP contribution < -0.4 is 4.74 Å². The molecule has 0 aliphatic heterocycles. The zero-order chi connectivity index (χ0) is 11.3. The maximum atomic E-state index is 11.5. The first kappa shape index (κ1) is 11.7. The molecule has 0 saturated carbocycles. The van der Waals surface area contributed by atoms with Crippen LogP contribution in [0.4, 0.5) is 0 Å². The van der Waals surface area contributed by atoms with E-state index in [0.29, 0.717) is 12.2 Å². The summed E-state index contributed by atoms with van der Waals surface area (Å²) >= 11 is 0. The number of ether oxygens (including phenoxy) is 1. The van der Waals surface area contributed by atoms with Gasteiger partial charge in [-0.15, -0.1) is 0 Å². The normalized spacial score (nSPS) is 10.1. The number of benzene rings is 1. The Kier molecular flexibility index (Phi) is 4.31. The Labute approximate surface area is 89.7 Å². The predicted molar refractivity (Wildman–Crippen MR) is 58.4 cm³/mol. The van der Waals surface area contributed by atoms with Gasteiger partial charge in [0.15, 0.2) is 5.78 Å². The minimum absolute atomic E-state index is 0.0383. The van der Waals surface area contributed by atoms with E-state index in [1.54, 1.807) is 18.2 Å². The highest BCUT2D eigenvalue weighted by atomic mass is 16.5. The Morgan fingerprint density at radius 3 is 2.73 bits per heavy atom. The van der Waals surface area contributed by atoms with Crippen LogP contribution in [0.3, 0.4) is 0 Å². The summed E-state index contributed by atoms with van der Waals surface area (Å²) in [4.78, 5) is 11.5. The lowest BCUT2D eigenvalue weighted by molar-refractivity contribution is 0.0956. The van der Waals surface area contributed by atoms with Crippen LogP contribution in [-0.4, -0.2) is 24.1 Å². The van der Waals surface area contributed by atoms with Crippen molar-refractivity contribution in [1.29, 1.82) is 0 Å². The van der Waals surface area contributed by atoms with Gasteiger partial charge in [0.25, 0.3) is 0 Å². The third-order valence-electron chi connectivity index (χ3n) is 2.14. The second-order valence-corrected chi connectivity index (χ2v) is 3.31. The van der Waals surface area contributed by atoms with Gasteiger partial charge in [-0.3, -0.25) is 4.79 Å². The first-order valence-corrected chi connectivity index (χ1v) is 5.06. The maximum absolute atomic E-state index is 11.5. The van der Waals surface area contributed by atoms with E-state index < -0.39 is 0 Å². The van der Waals surface area contributed by atoms with Gasteiger partial charge in [-0.05, 0) is 37.6 Å². The number of aryl methyl sites for hydroxylation is 1. The summed E-state index contributed by atoms with van der Waals surface area (Å²) in [6, 6.07) is 5.32. The van der Waals surface area contributed by atoms with E-state index in [2.05, 4.69) is 0 Å². The number of carbonyl (C=O) groups is 1. The van der Waals surface area contributed by atoms with Crippen LogP contribution in [0.5, 0.6) is 5.75 Å². The molecule has 0 atom stereocenters. The van der Waals surface area contributed by atoms with E-state index in [1.165, 1.54) is 0 Å². The van der Waals surface area contributed by atoms with E-state index in [9.17, 15) is 4.79 Å². The number of aliphatic hydroxyl groups is 1. The van der Waals surface area contributed by atoms with Crippen molar-refractivity contribution in [3.63, 3.8) is 0 Å². The molecule has 0 amide bonds. The average Bonchev–Trinajstić information content (AvgIpc) is 2.21. The van der Waals surface area contributed by atoms with Crippen molar-refractivity contribution < 1.29 is 14.6 Å². The molecule has 0 bridgehead atoms. The number of Topliss-reactive ketones (excluding diaryl/α,β-unsaturated/α-hetero) is 1. The Morgan fingerprint density at radius 2 is 2.20 bits per heavy atom. The third kappa shape index (κ3) is 3.06. The van der Waals surface area contributed by atoms with Gasteiger partial charge in [-0.2, -0.15) is 0 Å². The largest absolute Gasteiger partial charge is 0.494 e. The summed E-state index contributed by atoms with van der Waals surface area (Å²) in [5.74, 6) is 0.765. The van der Waals surface area contributed by atoms with Crippen molar-refractivity contribution in [3.05, 3.63) is 29.3 Å². The highest BCUT2D eigenvalue weighted by Gasteiger charge is 2.07. The minimum atomic E-state index is -0.106. The van der Waals surface area contributed by atoms with Crippen LogP contribution in [0.15, 0.2) is 18.2 Å². The zero-order valence-electron chi connectivity index (χ0n) is 9.12. The van der Waals surface area contributed by atoms with Crippen LogP contribution in [-0.2, 0) is 0 Å². The van der Waals surface area contributed by atoms with Crippen molar-refractivity contribution in [3.8, 4) is 5.75 Å². The van der Waals surface area contributed by atoms with Gasteiger partial charge in [0.1, 0.15) is 5.75 Å². The zero-order valence-corrected chi connectivity index (χ0v) is 9.12. The number of hydrogen-bond acceptors (Lipinski definition) is 3. The molecule has 1 rings (SSSR count). The molecule has 82 valence electrons. The van der Waals surface area contributed by atoms with Crippen molar-refractivity contribution in [2.24, 2.45) is 0 Å². The van der Waals surface area contributed by atoms with E-state index >= 15 is 0 Å². The molecule has 0 saturated heterocycles. The van der Waals surface area contributed by atoms with Crippen molar-refractivity contribution in [2.75, 3.05) is 13.2 Å². The van der Waals surface area contributed by atoms with Gasteiger partial charge in [0.05, 0.1) is 13.2 Å². The highest BCUT2D eigenvalue weighted by molar-refractivity contribution is 5.96.